The lowest BCUT2D eigenvalue weighted by molar-refractivity contribution is 0.0915. The minimum atomic E-state index is -0.267. The Labute approximate surface area is 132 Å². The van der Waals surface area contributed by atoms with Gasteiger partial charge in [-0.3, -0.25) is 9.59 Å². The van der Waals surface area contributed by atoms with Gasteiger partial charge in [-0.2, -0.15) is 0 Å². The highest BCUT2D eigenvalue weighted by Gasteiger charge is 2.28. The first kappa shape index (κ1) is 14.5. The maximum Gasteiger partial charge on any atom is 0.228 e. The molecule has 1 aromatic carbocycles. The first-order valence-electron chi connectivity index (χ1n) is 6.68. The Morgan fingerprint density at radius 2 is 2.00 bits per heavy atom. The zero-order valence-electron chi connectivity index (χ0n) is 12.1. The largest absolute Gasteiger partial charge is 0.492 e. The van der Waals surface area contributed by atoms with Crippen molar-refractivity contribution >= 4 is 23.3 Å². The number of rotatable bonds is 3. The van der Waals surface area contributed by atoms with Crippen molar-refractivity contribution in [3.8, 4) is 0 Å². The molecule has 1 aliphatic rings. The first-order chi connectivity index (χ1) is 10.6. The fourth-order valence-electron chi connectivity index (χ4n) is 2.28. The summed E-state index contributed by atoms with van der Waals surface area (Å²) in [7, 11) is 1.39. The topological polar surface area (TPSA) is 56.3 Å². The van der Waals surface area contributed by atoms with Gasteiger partial charge in [-0.15, -0.1) is 0 Å². The third-order valence-electron chi connectivity index (χ3n) is 3.33. The number of Topliss-reactive ketones (excluding diaryl/α,β-unsaturated/α-hetero) is 1. The molecule has 5 heteroatoms. The van der Waals surface area contributed by atoms with E-state index in [0.717, 1.165) is 15.5 Å². The van der Waals surface area contributed by atoms with Crippen LogP contribution in [0.15, 0.2) is 58.3 Å². The summed E-state index contributed by atoms with van der Waals surface area (Å²) in [6, 6.07) is 9.09. The molecule has 3 rings (SSSR count). The lowest BCUT2D eigenvalue weighted by Gasteiger charge is -2.16. The Morgan fingerprint density at radius 3 is 2.73 bits per heavy atom. The number of ketones is 2. The molecule has 0 N–H and O–H groups in total. The van der Waals surface area contributed by atoms with Crippen LogP contribution in [0.5, 0.6) is 0 Å². The molecule has 2 aromatic rings. The highest BCUT2D eigenvalue weighted by Crippen LogP contribution is 2.34. The molecule has 4 nitrogen and oxygen atoms in total. The molecule has 1 aliphatic carbocycles. The fourth-order valence-corrected chi connectivity index (χ4v) is 3.32. The van der Waals surface area contributed by atoms with Crippen molar-refractivity contribution in [3.05, 3.63) is 65.1 Å². The molecule has 0 fully saturated rings. The van der Waals surface area contributed by atoms with Gasteiger partial charge in [-0.05, 0) is 30.7 Å². The van der Waals surface area contributed by atoms with Crippen molar-refractivity contribution in [3.63, 3.8) is 0 Å². The molecule has 0 aliphatic heterocycles. The van der Waals surface area contributed by atoms with Crippen LogP contribution in [0.4, 0.5) is 0 Å². The Hall–Kier alpha value is -2.40. The molecule has 0 saturated carbocycles. The number of aromatic nitrogens is 1. The predicted molar refractivity (Wildman–Crippen MR) is 83.3 cm³/mol. The van der Waals surface area contributed by atoms with Crippen LogP contribution >= 0.6 is 11.8 Å². The molecule has 0 radical (unpaired) electrons. The molecule has 1 aromatic heterocycles. The van der Waals surface area contributed by atoms with Crippen molar-refractivity contribution in [2.45, 2.75) is 16.8 Å². The summed E-state index contributed by atoms with van der Waals surface area (Å²) in [6.07, 6.45) is 2.97. The van der Waals surface area contributed by atoms with Crippen LogP contribution in [-0.2, 0) is 4.74 Å². The van der Waals surface area contributed by atoms with E-state index in [4.69, 9.17) is 4.74 Å². The minimum Gasteiger partial charge on any atom is -0.492 e. The van der Waals surface area contributed by atoms with Crippen LogP contribution in [0.3, 0.4) is 0 Å². The number of benzene rings is 1. The van der Waals surface area contributed by atoms with E-state index in [0.29, 0.717) is 11.1 Å². The van der Waals surface area contributed by atoms with Gasteiger partial charge in [0.1, 0.15) is 5.03 Å². The van der Waals surface area contributed by atoms with Gasteiger partial charge >= 0.3 is 0 Å². The maximum absolute atomic E-state index is 12.3. The van der Waals surface area contributed by atoms with E-state index in [2.05, 4.69) is 4.98 Å². The average Bonchev–Trinajstić information content (AvgIpc) is 2.51. The fraction of sp³-hybridized carbons (Fsp3) is 0.118. The summed E-state index contributed by atoms with van der Waals surface area (Å²) in [5.74, 6) is -0.410. The number of fused-ring (bicyclic) bond motifs is 1. The number of methoxy groups -OCH3 is 1. The van der Waals surface area contributed by atoms with Crippen LogP contribution < -0.4 is 0 Å². The molecule has 0 atom stereocenters. The van der Waals surface area contributed by atoms with E-state index in [1.54, 1.807) is 18.3 Å². The van der Waals surface area contributed by atoms with E-state index >= 15 is 0 Å². The Morgan fingerprint density at radius 1 is 1.18 bits per heavy atom. The van der Waals surface area contributed by atoms with Gasteiger partial charge in [0.05, 0.1) is 7.11 Å². The number of aryl methyl sites for hydroxylation is 1. The van der Waals surface area contributed by atoms with Crippen LogP contribution in [-0.4, -0.2) is 23.7 Å². The van der Waals surface area contributed by atoms with Gasteiger partial charge in [-0.25, -0.2) is 4.98 Å². The summed E-state index contributed by atoms with van der Waals surface area (Å²) < 4.78 is 4.98. The summed E-state index contributed by atoms with van der Waals surface area (Å²) in [6.45, 7) is 1.98. The lowest BCUT2D eigenvalue weighted by atomic mass is 9.93. The van der Waals surface area contributed by atoms with E-state index in [-0.39, 0.29) is 17.3 Å². The Bertz CT molecular complexity index is 811. The molecule has 0 saturated heterocycles. The summed E-state index contributed by atoms with van der Waals surface area (Å²) >= 11 is 1.38. The molecule has 110 valence electrons. The van der Waals surface area contributed by atoms with Crippen molar-refractivity contribution < 1.29 is 14.3 Å². The zero-order chi connectivity index (χ0) is 15.7. The van der Waals surface area contributed by atoms with Gasteiger partial charge in [-0.1, -0.05) is 23.9 Å². The number of carbonyl (C=O) groups is 2. The minimum absolute atomic E-state index is 0.0772. The Kier molecular flexibility index (Phi) is 3.81. The highest BCUT2D eigenvalue weighted by atomic mass is 32.2. The highest BCUT2D eigenvalue weighted by molar-refractivity contribution is 7.99. The van der Waals surface area contributed by atoms with Gasteiger partial charge < -0.3 is 4.74 Å². The van der Waals surface area contributed by atoms with Crippen molar-refractivity contribution in [1.82, 2.24) is 4.98 Å². The van der Waals surface area contributed by atoms with Crippen LogP contribution in [0.1, 0.15) is 26.3 Å². The van der Waals surface area contributed by atoms with Crippen LogP contribution in [0.2, 0.25) is 0 Å². The summed E-state index contributed by atoms with van der Waals surface area (Å²) in [4.78, 5) is 29.6. The second kappa shape index (κ2) is 5.77. The molecular formula is C17H13NO3S. The molecule has 0 spiro atoms. The second-order valence-corrected chi connectivity index (χ2v) is 5.92. The number of allylic oxidation sites excluding steroid dienone is 2. The second-order valence-electron chi connectivity index (χ2n) is 4.86. The van der Waals surface area contributed by atoms with Crippen LogP contribution in [0, 0.1) is 6.92 Å². The molecule has 1 heterocycles. The number of ether oxygens (including phenoxy) is 1. The summed E-state index contributed by atoms with van der Waals surface area (Å²) in [5.41, 5.74) is 1.88. The summed E-state index contributed by atoms with van der Waals surface area (Å²) in [5, 5.41) is 0.787. The third kappa shape index (κ3) is 2.55. The molecule has 0 amide bonds. The van der Waals surface area contributed by atoms with Crippen molar-refractivity contribution in [2.75, 3.05) is 7.11 Å². The van der Waals surface area contributed by atoms with E-state index in [1.807, 2.05) is 25.1 Å². The van der Waals surface area contributed by atoms with Gasteiger partial charge in [0.15, 0.2) is 11.5 Å². The Balaban J connectivity index is 2.06. The molecule has 0 bridgehead atoms. The smallest absolute Gasteiger partial charge is 0.228 e. The average molecular weight is 311 g/mol. The number of hydrogen-bond acceptors (Lipinski definition) is 5. The SMILES string of the molecule is COC1=CC(=O)c2c(Sc3cc(C)ccn3)cccc2C1=O. The normalized spacial score (nSPS) is 13.6. The van der Waals surface area contributed by atoms with Gasteiger partial charge in [0, 0.05) is 28.3 Å². The molecule has 0 unspecified atom stereocenters. The van der Waals surface area contributed by atoms with E-state index < -0.39 is 0 Å². The standard InChI is InChI=1S/C17H13NO3S/c1-10-6-7-18-15(8-10)22-14-5-3-4-11-16(14)12(19)9-13(21-2)17(11)20/h3-9H,1-2H3. The van der Waals surface area contributed by atoms with E-state index in [9.17, 15) is 9.59 Å². The van der Waals surface area contributed by atoms with Crippen molar-refractivity contribution in [2.24, 2.45) is 0 Å². The number of nitrogens with zero attached hydrogens (tertiary/aromatic N) is 1. The van der Waals surface area contributed by atoms with Crippen LogP contribution in [0.25, 0.3) is 0 Å². The number of carbonyl (C=O) groups excluding carboxylic acids is 2. The maximum atomic E-state index is 12.3. The molecular weight excluding hydrogens is 298 g/mol. The first-order valence-corrected chi connectivity index (χ1v) is 7.50. The quantitative estimate of drug-likeness (QED) is 0.869. The van der Waals surface area contributed by atoms with E-state index in [1.165, 1.54) is 24.9 Å². The van der Waals surface area contributed by atoms with Gasteiger partial charge in [0.2, 0.25) is 5.78 Å². The van der Waals surface area contributed by atoms with Crippen molar-refractivity contribution in [1.29, 1.82) is 0 Å². The zero-order valence-corrected chi connectivity index (χ0v) is 12.9. The van der Waals surface area contributed by atoms with Gasteiger partial charge in [0.25, 0.3) is 0 Å². The number of hydrogen-bond donors (Lipinski definition) is 0. The molecule has 22 heavy (non-hydrogen) atoms. The monoisotopic (exact) mass is 311 g/mol. The third-order valence-corrected chi connectivity index (χ3v) is 4.32. The number of pyridine rings is 1. The predicted octanol–water partition coefficient (Wildman–Crippen LogP) is 3.45. The lowest BCUT2D eigenvalue weighted by Crippen LogP contribution is -2.18.